The van der Waals surface area contributed by atoms with Gasteiger partial charge < -0.3 is 0 Å². The second-order valence-corrected chi connectivity index (χ2v) is 6.68. The first-order chi connectivity index (χ1) is 9.49. The Hall–Kier alpha value is -1.52. The van der Waals surface area contributed by atoms with Gasteiger partial charge in [0.1, 0.15) is 0 Å². The van der Waals surface area contributed by atoms with E-state index in [1.165, 1.54) is 30.6 Å². The summed E-state index contributed by atoms with van der Waals surface area (Å²) in [4.78, 5) is 17.6. The van der Waals surface area contributed by atoms with Crippen LogP contribution in [0.5, 0.6) is 0 Å². The molecule has 104 valence electrons. The fourth-order valence-corrected chi connectivity index (χ4v) is 2.55. The van der Waals surface area contributed by atoms with E-state index < -0.39 is 15.9 Å². The normalized spacial score (nSPS) is 11.1. The molecule has 1 amide bonds. The van der Waals surface area contributed by atoms with Gasteiger partial charge in [0.25, 0.3) is 15.9 Å². The van der Waals surface area contributed by atoms with Crippen molar-refractivity contribution in [3.63, 3.8) is 0 Å². The Bertz CT molecular complexity index is 702. The zero-order chi connectivity index (χ0) is 14.6. The molecule has 20 heavy (non-hydrogen) atoms. The Morgan fingerprint density at radius 1 is 1.15 bits per heavy atom. The van der Waals surface area contributed by atoms with E-state index in [1.54, 1.807) is 18.2 Å². The molecule has 0 aliphatic heterocycles. The van der Waals surface area contributed by atoms with Gasteiger partial charge in [0.05, 0.1) is 10.5 Å². The summed E-state index contributed by atoms with van der Waals surface area (Å²) < 4.78 is 24.8. The highest BCUT2D eigenvalue weighted by atomic mass is 127. The summed E-state index contributed by atoms with van der Waals surface area (Å²) in [7, 11) is -3.79. The highest BCUT2D eigenvalue weighted by Crippen LogP contribution is 2.11. The minimum Gasteiger partial charge on any atom is -0.273 e. The van der Waals surface area contributed by atoms with Crippen LogP contribution in [-0.4, -0.2) is 19.3 Å². The van der Waals surface area contributed by atoms with Crippen molar-refractivity contribution in [2.45, 2.75) is 4.90 Å². The van der Waals surface area contributed by atoms with Gasteiger partial charge in [-0.1, -0.05) is 0 Å². The maximum Gasteiger partial charge on any atom is 0.267 e. The number of rotatable bonds is 4. The van der Waals surface area contributed by atoms with Gasteiger partial charge in [-0.05, 0) is 59.0 Å². The molecule has 0 bridgehead atoms. The van der Waals surface area contributed by atoms with Crippen LogP contribution >= 0.6 is 22.6 Å². The molecule has 0 aliphatic rings. The third kappa shape index (κ3) is 3.74. The van der Waals surface area contributed by atoms with Gasteiger partial charge in [-0.2, -0.15) is 0 Å². The van der Waals surface area contributed by atoms with Crippen LogP contribution in [0.4, 0.5) is 0 Å². The molecule has 6 nitrogen and oxygen atoms in total. The highest BCUT2D eigenvalue weighted by molar-refractivity contribution is 14.1. The van der Waals surface area contributed by atoms with Crippen molar-refractivity contribution in [1.29, 1.82) is 0 Å². The lowest BCUT2D eigenvalue weighted by Gasteiger charge is -2.08. The van der Waals surface area contributed by atoms with Crippen LogP contribution in [0.1, 0.15) is 10.4 Å². The summed E-state index contributed by atoms with van der Waals surface area (Å²) >= 11 is 2.07. The summed E-state index contributed by atoms with van der Waals surface area (Å²) in [6, 6.07) is 9.36. The minimum atomic E-state index is -3.79. The predicted molar refractivity (Wildman–Crippen MR) is 81.2 cm³/mol. The van der Waals surface area contributed by atoms with E-state index in [9.17, 15) is 13.2 Å². The van der Waals surface area contributed by atoms with E-state index in [4.69, 9.17) is 0 Å². The third-order valence-electron chi connectivity index (χ3n) is 2.35. The number of hydrazine groups is 1. The average molecular weight is 403 g/mol. The zero-order valence-electron chi connectivity index (χ0n) is 10.1. The van der Waals surface area contributed by atoms with Gasteiger partial charge in [0.2, 0.25) is 0 Å². The number of hydrogen-bond donors (Lipinski definition) is 2. The number of carbonyl (C=O) groups is 1. The van der Waals surface area contributed by atoms with Gasteiger partial charge >= 0.3 is 0 Å². The van der Waals surface area contributed by atoms with Gasteiger partial charge in [0.15, 0.2) is 0 Å². The number of sulfonamides is 1. The Morgan fingerprint density at radius 3 is 2.45 bits per heavy atom. The van der Waals surface area contributed by atoms with Crippen LogP contribution in [0, 0.1) is 3.57 Å². The first-order valence-electron chi connectivity index (χ1n) is 5.47. The maximum atomic E-state index is 11.9. The van der Waals surface area contributed by atoms with E-state index in [-0.39, 0.29) is 10.5 Å². The number of nitrogens with one attached hydrogen (secondary N) is 2. The van der Waals surface area contributed by atoms with Gasteiger partial charge in [0, 0.05) is 16.0 Å². The van der Waals surface area contributed by atoms with Crippen LogP contribution in [0.15, 0.2) is 53.7 Å². The molecule has 0 aliphatic carbocycles. The van der Waals surface area contributed by atoms with Crippen molar-refractivity contribution < 1.29 is 13.2 Å². The van der Waals surface area contributed by atoms with E-state index in [2.05, 4.69) is 33.0 Å². The smallest absolute Gasteiger partial charge is 0.267 e. The molecule has 0 saturated heterocycles. The number of aromatic nitrogens is 1. The molecule has 0 radical (unpaired) electrons. The number of carbonyl (C=O) groups excluding carboxylic acids is 1. The minimum absolute atomic E-state index is 0.0735. The first-order valence-corrected chi connectivity index (χ1v) is 8.03. The number of benzene rings is 1. The van der Waals surface area contributed by atoms with Crippen molar-refractivity contribution >= 4 is 38.5 Å². The second-order valence-electron chi connectivity index (χ2n) is 3.76. The lowest BCUT2D eigenvalue weighted by Crippen LogP contribution is -2.41. The van der Waals surface area contributed by atoms with Gasteiger partial charge in [-0.15, -0.1) is 4.83 Å². The molecular formula is C12H10IN3O3S. The number of halogens is 1. The van der Waals surface area contributed by atoms with Crippen molar-refractivity contribution in [1.82, 2.24) is 15.2 Å². The molecule has 0 atom stereocenters. The monoisotopic (exact) mass is 403 g/mol. The molecule has 0 spiro atoms. The lowest BCUT2D eigenvalue weighted by atomic mass is 10.3. The molecule has 1 heterocycles. The highest BCUT2D eigenvalue weighted by Gasteiger charge is 2.15. The Morgan fingerprint density at radius 2 is 1.85 bits per heavy atom. The molecule has 1 aromatic heterocycles. The number of hydrogen-bond acceptors (Lipinski definition) is 4. The first kappa shape index (κ1) is 14.9. The van der Waals surface area contributed by atoms with E-state index in [1.807, 2.05) is 4.83 Å². The van der Waals surface area contributed by atoms with Crippen molar-refractivity contribution in [3.05, 3.63) is 57.9 Å². The standard InChI is InChI=1S/C12H10IN3O3S/c13-10-3-5-11(6-4-10)20(18,19)16-15-12(17)9-2-1-7-14-8-9/h1-8,16H,(H,15,17). The molecule has 2 aromatic rings. The van der Waals surface area contributed by atoms with Crippen LogP contribution in [0.3, 0.4) is 0 Å². The predicted octanol–water partition coefficient (Wildman–Crippen LogP) is 1.31. The number of pyridine rings is 1. The zero-order valence-corrected chi connectivity index (χ0v) is 13.1. The fourth-order valence-electron chi connectivity index (χ4n) is 1.36. The summed E-state index contributed by atoms with van der Waals surface area (Å²) in [6.45, 7) is 0. The number of amides is 1. The molecule has 2 rings (SSSR count). The van der Waals surface area contributed by atoms with Crippen LogP contribution in [0.2, 0.25) is 0 Å². The molecule has 8 heteroatoms. The molecule has 0 saturated carbocycles. The van der Waals surface area contributed by atoms with E-state index in [0.29, 0.717) is 0 Å². The SMILES string of the molecule is O=C(NNS(=O)(=O)c1ccc(I)cc1)c1cccnc1. The van der Waals surface area contributed by atoms with Crippen LogP contribution < -0.4 is 10.3 Å². The van der Waals surface area contributed by atoms with E-state index >= 15 is 0 Å². The summed E-state index contributed by atoms with van der Waals surface area (Å²) in [5.74, 6) is -0.577. The molecule has 1 aromatic carbocycles. The fraction of sp³-hybridized carbons (Fsp3) is 0. The van der Waals surface area contributed by atoms with Crippen molar-refractivity contribution in [3.8, 4) is 0 Å². The summed E-state index contributed by atoms with van der Waals surface area (Å²) in [5.41, 5.74) is 2.40. The Balaban J connectivity index is 2.06. The van der Waals surface area contributed by atoms with E-state index in [0.717, 1.165) is 3.57 Å². The van der Waals surface area contributed by atoms with Crippen molar-refractivity contribution in [2.24, 2.45) is 0 Å². The maximum absolute atomic E-state index is 11.9. The third-order valence-corrected chi connectivity index (χ3v) is 4.33. The lowest BCUT2D eigenvalue weighted by molar-refractivity contribution is 0.0944. The molecular weight excluding hydrogens is 393 g/mol. The topological polar surface area (TPSA) is 88.2 Å². The van der Waals surface area contributed by atoms with Crippen LogP contribution in [-0.2, 0) is 10.0 Å². The summed E-state index contributed by atoms with van der Waals surface area (Å²) in [5, 5.41) is 0. The second kappa shape index (κ2) is 6.29. The van der Waals surface area contributed by atoms with Gasteiger partial charge in [-0.3, -0.25) is 15.2 Å². The Labute approximate surface area is 129 Å². The average Bonchev–Trinajstić information content (AvgIpc) is 2.46. The molecule has 2 N–H and O–H groups in total. The molecule has 0 fully saturated rings. The quantitative estimate of drug-likeness (QED) is 0.596. The largest absolute Gasteiger partial charge is 0.273 e. The molecule has 0 unspecified atom stereocenters. The summed E-state index contributed by atoms with van der Waals surface area (Å²) in [6.07, 6.45) is 2.86. The van der Waals surface area contributed by atoms with Crippen molar-refractivity contribution in [2.75, 3.05) is 0 Å². The van der Waals surface area contributed by atoms with Gasteiger partial charge in [-0.25, -0.2) is 8.42 Å². The Kier molecular flexibility index (Phi) is 4.68. The number of nitrogens with zero attached hydrogens (tertiary/aromatic N) is 1. The van der Waals surface area contributed by atoms with Crippen LogP contribution in [0.25, 0.3) is 0 Å².